The van der Waals surface area contributed by atoms with E-state index in [0.717, 1.165) is 11.1 Å². The van der Waals surface area contributed by atoms with E-state index in [4.69, 9.17) is 17.3 Å². The molecule has 2 aromatic heterocycles. The minimum Gasteiger partial charge on any atom is -0.384 e. The summed E-state index contributed by atoms with van der Waals surface area (Å²) >= 11 is 5.92. The minimum atomic E-state index is -0.282. The fourth-order valence-electron chi connectivity index (χ4n) is 1.60. The van der Waals surface area contributed by atoms with Crippen molar-refractivity contribution in [1.82, 2.24) is 15.3 Å². The van der Waals surface area contributed by atoms with Crippen LogP contribution in [-0.2, 0) is 6.54 Å². The Balaban J connectivity index is 2.10. The average Bonchev–Trinajstić information content (AvgIpc) is 2.40. The third kappa shape index (κ3) is 3.20. The van der Waals surface area contributed by atoms with Crippen molar-refractivity contribution in [2.45, 2.75) is 13.5 Å². The molecule has 5 nitrogen and oxygen atoms in total. The number of aromatic nitrogens is 2. The first-order chi connectivity index (χ1) is 9.08. The van der Waals surface area contributed by atoms with Crippen molar-refractivity contribution >= 4 is 23.3 Å². The summed E-state index contributed by atoms with van der Waals surface area (Å²) in [6.45, 7) is 2.34. The standard InChI is InChI=1S/C13H13ClN4O/c1-8-5-16-3-2-9(8)6-18-13(19)10-4-12(15)17-7-11(10)14/h2-5,7H,6H2,1H3,(H2,15,17)(H,18,19). The molecule has 0 aliphatic heterocycles. The zero-order valence-corrected chi connectivity index (χ0v) is 11.1. The molecule has 2 aromatic rings. The number of nitrogen functional groups attached to an aromatic ring is 1. The topological polar surface area (TPSA) is 80.9 Å². The Morgan fingerprint density at radius 3 is 3.00 bits per heavy atom. The number of anilines is 1. The molecular formula is C13H13ClN4O. The summed E-state index contributed by atoms with van der Waals surface area (Å²) in [5.74, 6) is -0.0232. The van der Waals surface area contributed by atoms with Gasteiger partial charge in [0.25, 0.3) is 5.91 Å². The highest BCUT2D eigenvalue weighted by Gasteiger charge is 2.11. The van der Waals surface area contributed by atoms with Crippen LogP contribution in [0.2, 0.25) is 5.02 Å². The number of pyridine rings is 2. The van der Waals surface area contributed by atoms with Gasteiger partial charge >= 0.3 is 0 Å². The van der Waals surface area contributed by atoms with Crippen LogP contribution < -0.4 is 11.1 Å². The molecular weight excluding hydrogens is 264 g/mol. The van der Waals surface area contributed by atoms with Crippen LogP contribution in [0.4, 0.5) is 5.82 Å². The molecule has 0 unspecified atom stereocenters. The van der Waals surface area contributed by atoms with Crippen molar-refractivity contribution in [2.75, 3.05) is 5.73 Å². The first kappa shape index (κ1) is 13.3. The normalized spacial score (nSPS) is 10.2. The Labute approximate surface area is 115 Å². The van der Waals surface area contributed by atoms with Crippen LogP contribution >= 0.6 is 11.6 Å². The van der Waals surface area contributed by atoms with Gasteiger partial charge in [-0.25, -0.2) is 4.98 Å². The molecule has 0 aromatic carbocycles. The Hall–Kier alpha value is -2.14. The highest BCUT2D eigenvalue weighted by Crippen LogP contribution is 2.16. The molecule has 2 heterocycles. The van der Waals surface area contributed by atoms with Gasteiger partial charge in [0.1, 0.15) is 5.82 Å². The van der Waals surface area contributed by atoms with Crippen molar-refractivity contribution in [1.29, 1.82) is 0 Å². The first-order valence-corrected chi connectivity index (χ1v) is 6.04. The van der Waals surface area contributed by atoms with E-state index >= 15 is 0 Å². The number of hydrogen-bond acceptors (Lipinski definition) is 4. The highest BCUT2D eigenvalue weighted by molar-refractivity contribution is 6.33. The fraction of sp³-hybridized carbons (Fsp3) is 0.154. The number of carbonyl (C=O) groups is 1. The zero-order chi connectivity index (χ0) is 13.8. The number of rotatable bonds is 3. The molecule has 0 bridgehead atoms. The van der Waals surface area contributed by atoms with Gasteiger partial charge in [-0.1, -0.05) is 11.6 Å². The number of hydrogen-bond donors (Lipinski definition) is 2. The second-order valence-electron chi connectivity index (χ2n) is 4.07. The summed E-state index contributed by atoms with van der Waals surface area (Å²) in [6, 6.07) is 3.31. The van der Waals surface area contributed by atoms with Crippen LogP contribution in [0, 0.1) is 6.92 Å². The van der Waals surface area contributed by atoms with Crippen LogP contribution in [0.25, 0.3) is 0 Å². The number of nitrogens with two attached hydrogens (primary N) is 1. The predicted molar refractivity (Wildman–Crippen MR) is 73.8 cm³/mol. The molecule has 0 radical (unpaired) electrons. The van der Waals surface area contributed by atoms with Crippen molar-refractivity contribution in [3.63, 3.8) is 0 Å². The summed E-state index contributed by atoms with van der Waals surface area (Å²) in [4.78, 5) is 19.8. The smallest absolute Gasteiger partial charge is 0.253 e. The van der Waals surface area contributed by atoms with Gasteiger partial charge in [0.15, 0.2) is 0 Å². The van der Waals surface area contributed by atoms with Crippen molar-refractivity contribution in [2.24, 2.45) is 0 Å². The van der Waals surface area contributed by atoms with E-state index in [1.54, 1.807) is 12.4 Å². The summed E-state index contributed by atoms with van der Waals surface area (Å²) in [7, 11) is 0. The van der Waals surface area contributed by atoms with Gasteiger partial charge in [-0.3, -0.25) is 9.78 Å². The van der Waals surface area contributed by atoms with E-state index < -0.39 is 0 Å². The molecule has 0 aliphatic rings. The second-order valence-corrected chi connectivity index (χ2v) is 4.48. The minimum absolute atomic E-state index is 0.259. The molecule has 0 spiro atoms. The van der Waals surface area contributed by atoms with Gasteiger partial charge in [0.05, 0.1) is 10.6 Å². The van der Waals surface area contributed by atoms with E-state index in [1.807, 2.05) is 13.0 Å². The van der Waals surface area contributed by atoms with Crippen molar-refractivity contribution in [3.05, 3.63) is 52.4 Å². The van der Waals surface area contributed by atoms with Crippen molar-refractivity contribution < 1.29 is 4.79 Å². The van der Waals surface area contributed by atoms with Crippen LogP contribution in [0.1, 0.15) is 21.5 Å². The van der Waals surface area contributed by atoms with Crippen LogP contribution in [0.5, 0.6) is 0 Å². The summed E-state index contributed by atoms with van der Waals surface area (Å²) < 4.78 is 0. The molecule has 19 heavy (non-hydrogen) atoms. The Morgan fingerprint density at radius 2 is 2.26 bits per heavy atom. The second kappa shape index (κ2) is 5.67. The van der Waals surface area contributed by atoms with Gasteiger partial charge in [-0.15, -0.1) is 0 Å². The summed E-state index contributed by atoms with van der Waals surface area (Å²) in [6.07, 6.45) is 4.80. The van der Waals surface area contributed by atoms with E-state index in [1.165, 1.54) is 12.3 Å². The zero-order valence-electron chi connectivity index (χ0n) is 10.4. The maximum absolute atomic E-state index is 12.0. The number of nitrogens with one attached hydrogen (secondary N) is 1. The summed E-state index contributed by atoms with van der Waals surface area (Å²) in [5.41, 5.74) is 7.88. The monoisotopic (exact) mass is 276 g/mol. The third-order valence-corrected chi connectivity index (χ3v) is 3.00. The number of halogens is 1. The largest absolute Gasteiger partial charge is 0.384 e. The van der Waals surface area contributed by atoms with Gasteiger partial charge in [0.2, 0.25) is 0 Å². The SMILES string of the molecule is Cc1cnccc1CNC(=O)c1cc(N)ncc1Cl. The van der Waals surface area contributed by atoms with E-state index in [9.17, 15) is 4.79 Å². The molecule has 1 amide bonds. The summed E-state index contributed by atoms with van der Waals surface area (Å²) in [5, 5.41) is 3.07. The maximum atomic E-state index is 12.0. The van der Waals surface area contributed by atoms with E-state index in [2.05, 4.69) is 15.3 Å². The molecule has 2 rings (SSSR count). The molecule has 0 fully saturated rings. The van der Waals surface area contributed by atoms with Crippen LogP contribution in [-0.4, -0.2) is 15.9 Å². The van der Waals surface area contributed by atoms with Gasteiger partial charge in [-0.2, -0.15) is 0 Å². The van der Waals surface area contributed by atoms with E-state index in [0.29, 0.717) is 12.1 Å². The average molecular weight is 277 g/mol. The number of carbonyl (C=O) groups excluding carboxylic acids is 1. The molecule has 0 saturated heterocycles. The van der Waals surface area contributed by atoms with Crippen LogP contribution in [0.15, 0.2) is 30.7 Å². The first-order valence-electron chi connectivity index (χ1n) is 5.66. The number of aryl methyl sites for hydroxylation is 1. The fourth-order valence-corrected chi connectivity index (χ4v) is 1.79. The van der Waals surface area contributed by atoms with Gasteiger partial charge in [-0.05, 0) is 30.2 Å². The van der Waals surface area contributed by atoms with E-state index in [-0.39, 0.29) is 16.7 Å². The third-order valence-electron chi connectivity index (χ3n) is 2.70. The van der Waals surface area contributed by atoms with Gasteiger partial charge < -0.3 is 11.1 Å². The number of nitrogens with zero attached hydrogens (tertiary/aromatic N) is 2. The van der Waals surface area contributed by atoms with Gasteiger partial charge in [0, 0.05) is 25.1 Å². The molecule has 0 aliphatic carbocycles. The molecule has 6 heteroatoms. The Morgan fingerprint density at radius 1 is 1.47 bits per heavy atom. The molecule has 0 saturated carbocycles. The Kier molecular flexibility index (Phi) is 3.97. The molecule has 0 atom stereocenters. The lowest BCUT2D eigenvalue weighted by Gasteiger charge is -2.08. The van der Waals surface area contributed by atoms with Crippen molar-refractivity contribution in [3.8, 4) is 0 Å². The lowest BCUT2D eigenvalue weighted by atomic mass is 10.1. The predicted octanol–water partition coefficient (Wildman–Crippen LogP) is 1.95. The molecule has 3 N–H and O–H groups in total. The maximum Gasteiger partial charge on any atom is 0.253 e. The highest BCUT2D eigenvalue weighted by atomic mass is 35.5. The quantitative estimate of drug-likeness (QED) is 0.898. The molecule has 98 valence electrons. The number of amides is 1. The lowest BCUT2D eigenvalue weighted by Crippen LogP contribution is -2.23. The van der Waals surface area contributed by atoms with Crippen LogP contribution in [0.3, 0.4) is 0 Å². The Bertz CT molecular complexity index is 615. The lowest BCUT2D eigenvalue weighted by molar-refractivity contribution is 0.0951.